The average molecular weight is 532 g/mol. The van der Waals surface area contributed by atoms with Gasteiger partial charge >= 0.3 is 0 Å². The molecule has 4 saturated carbocycles. The van der Waals surface area contributed by atoms with E-state index in [0.717, 1.165) is 48.9 Å². The number of aromatic nitrogens is 1. The monoisotopic (exact) mass is 531 g/mol. The maximum Gasteiger partial charge on any atom is 0.0842 e. The third-order valence-electron chi connectivity index (χ3n) is 10.8. The molecule has 1 heterocycles. The van der Waals surface area contributed by atoms with Gasteiger partial charge in [-0.3, -0.25) is 4.98 Å². The normalized spacial score (nSPS) is 35.9. The second-order valence-corrected chi connectivity index (χ2v) is 13.3. The summed E-state index contributed by atoms with van der Waals surface area (Å²) in [5.74, 6) is 1.60. The van der Waals surface area contributed by atoms with Crippen LogP contribution in [0.2, 0.25) is 0 Å². The molecule has 1 aromatic rings. The molecule has 1 aromatic heterocycles. The van der Waals surface area contributed by atoms with Gasteiger partial charge in [-0.1, -0.05) is 63.6 Å². The van der Waals surface area contributed by atoms with E-state index < -0.39 is 18.3 Å². The van der Waals surface area contributed by atoms with Crippen LogP contribution in [0, 0.1) is 23.2 Å². The van der Waals surface area contributed by atoms with Crippen molar-refractivity contribution in [1.29, 1.82) is 0 Å². The minimum atomic E-state index is -0.693. The molecule has 1 unspecified atom stereocenters. The predicted molar refractivity (Wildman–Crippen MR) is 158 cm³/mol. The van der Waals surface area contributed by atoms with E-state index in [9.17, 15) is 15.3 Å². The second-order valence-electron chi connectivity index (χ2n) is 13.3. The van der Waals surface area contributed by atoms with Crippen molar-refractivity contribution in [2.75, 3.05) is 0 Å². The van der Waals surface area contributed by atoms with E-state index in [1.54, 1.807) is 5.57 Å². The quantitative estimate of drug-likeness (QED) is 0.324. The van der Waals surface area contributed by atoms with Crippen LogP contribution in [0.1, 0.15) is 96.2 Å². The summed E-state index contributed by atoms with van der Waals surface area (Å²) in [6, 6.07) is 4.32. The first-order chi connectivity index (χ1) is 18.7. The molecule has 0 bridgehead atoms. The minimum absolute atomic E-state index is 0.205. The number of rotatable bonds is 8. The van der Waals surface area contributed by atoms with Crippen LogP contribution in [0.4, 0.5) is 0 Å². The molecular formula is C35H49NO3. The molecule has 0 spiro atoms. The van der Waals surface area contributed by atoms with Gasteiger partial charge in [-0.25, -0.2) is 0 Å². The molecule has 4 fully saturated rings. The summed E-state index contributed by atoms with van der Waals surface area (Å²) in [6.07, 6.45) is 20.1. The van der Waals surface area contributed by atoms with Crippen molar-refractivity contribution in [1.82, 2.24) is 4.98 Å². The van der Waals surface area contributed by atoms with Crippen molar-refractivity contribution in [3.8, 4) is 0 Å². The van der Waals surface area contributed by atoms with Crippen molar-refractivity contribution >= 4 is 0 Å². The molecule has 4 heteroatoms. The van der Waals surface area contributed by atoms with E-state index in [0.29, 0.717) is 30.6 Å². The lowest BCUT2D eigenvalue weighted by Gasteiger charge is -2.44. The number of aliphatic hydroxyl groups excluding tert-OH is 3. The molecule has 0 amide bonds. The summed E-state index contributed by atoms with van der Waals surface area (Å²) in [4.78, 5) is 4.68. The van der Waals surface area contributed by atoms with E-state index in [2.05, 4.69) is 68.8 Å². The van der Waals surface area contributed by atoms with Gasteiger partial charge in [-0.05, 0) is 103 Å². The van der Waals surface area contributed by atoms with Gasteiger partial charge in [0.2, 0.25) is 0 Å². The number of fused-ring (bicyclic) bond motifs is 1. The number of aliphatic hydroxyl groups is 3. The van der Waals surface area contributed by atoms with E-state index in [-0.39, 0.29) is 10.8 Å². The summed E-state index contributed by atoms with van der Waals surface area (Å²) < 4.78 is 0. The first kappa shape index (κ1) is 28.5. The SMILES string of the molecule is C=C1CC(O)[C@H](O)C/C1=C/C=C1\CCC[C@]2(C)[C@@H]([C@H](C)/C=C/[C@@H](O)C3(c4cc(CCC)ccn4)CC3)CC[C@@H]12. The molecular weight excluding hydrogens is 482 g/mol. The van der Waals surface area contributed by atoms with Crippen LogP contribution >= 0.6 is 0 Å². The summed E-state index contributed by atoms with van der Waals surface area (Å²) >= 11 is 0. The van der Waals surface area contributed by atoms with Crippen LogP contribution in [0.25, 0.3) is 0 Å². The Bertz CT molecular complexity index is 1140. The zero-order valence-electron chi connectivity index (χ0n) is 24.3. The first-order valence-corrected chi connectivity index (χ1v) is 15.4. The molecule has 212 valence electrons. The number of pyridine rings is 1. The maximum atomic E-state index is 11.3. The van der Waals surface area contributed by atoms with Gasteiger partial charge in [-0.2, -0.15) is 0 Å². The molecule has 7 atom stereocenters. The fraction of sp³-hybridized carbons (Fsp3) is 0.629. The Labute approximate surface area is 235 Å². The highest BCUT2D eigenvalue weighted by molar-refractivity contribution is 5.37. The number of allylic oxidation sites excluding steroid dienone is 4. The van der Waals surface area contributed by atoms with Crippen molar-refractivity contribution < 1.29 is 15.3 Å². The van der Waals surface area contributed by atoms with Gasteiger partial charge < -0.3 is 15.3 Å². The second kappa shape index (κ2) is 11.5. The topological polar surface area (TPSA) is 73.6 Å². The van der Waals surface area contributed by atoms with Crippen LogP contribution in [0.5, 0.6) is 0 Å². The predicted octanol–water partition coefficient (Wildman–Crippen LogP) is 6.76. The van der Waals surface area contributed by atoms with Crippen LogP contribution in [0.15, 0.2) is 65.9 Å². The Kier molecular flexibility index (Phi) is 8.38. The van der Waals surface area contributed by atoms with Gasteiger partial charge in [-0.15, -0.1) is 0 Å². The Hall–Kier alpha value is -2.01. The van der Waals surface area contributed by atoms with Crippen LogP contribution in [0.3, 0.4) is 0 Å². The van der Waals surface area contributed by atoms with Gasteiger partial charge in [0.1, 0.15) is 0 Å². The average Bonchev–Trinajstić information content (AvgIpc) is 3.65. The first-order valence-electron chi connectivity index (χ1n) is 15.4. The van der Waals surface area contributed by atoms with Gasteiger partial charge in [0, 0.05) is 30.1 Å². The standard InChI is InChI=1S/C35H49NO3/c1-5-7-25-15-19-36-32(21-25)35(17-18-35)33(39)14-9-23(2)28-12-13-29-26(8-6-16-34(28,29)4)10-11-27-22-31(38)30(37)20-24(27)3/h9-11,14-15,19,21,23,28-31,33,37-39H,3,5-8,12-13,16-18,20,22H2,1-2,4H3/b14-9+,26-10+,27-11-/t23-,28-,29+,30?,31-,33-,34-/m1/s1. The Morgan fingerprint density at radius 2 is 1.87 bits per heavy atom. The maximum absolute atomic E-state index is 11.3. The van der Waals surface area contributed by atoms with Gasteiger partial charge in [0.15, 0.2) is 0 Å². The Morgan fingerprint density at radius 3 is 2.62 bits per heavy atom. The van der Waals surface area contributed by atoms with Crippen molar-refractivity contribution in [3.63, 3.8) is 0 Å². The highest BCUT2D eigenvalue weighted by Crippen LogP contribution is 2.60. The molecule has 0 aromatic carbocycles. The lowest BCUT2D eigenvalue weighted by molar-refractivity contribution is 0.0138. The number of aryl methyl sites for hydroxylation is 1. The molecule has 39 heavy (non-hydrogen) atoms. The zero-order chi connectivity index (χ0) is 27.8. The Balaban J connectivity index is 1.27. The number of hydrogen-bond donors (Lipinski definition) is 3. The largest absolute Gasteiger partial charge is 0.390 e. The fourth-order valence-electron chi connectivity index (χ4n) is 8.19. The minimum Gasteiger partial charge on any atom is -0.390 e. The zero-order valence-corrected chi connectivity index (χ0v) is 24.3. The van der Waals surface area contributed by atoms with Crippen LogP contribution in [-0.2, 0) is 11.8 Å². The summed E-state index contributed by atoms with van der Waals surface area (Å²) in [5.41, 5.74) is 6.01. The Morgan fingerprint density at radius 1 is 1.10 bits per heavy atom. The molecule has 0 aliphatic heterocycles. The molecule has 4 aliphatic rings. The van der Waals surface area contributed by atoms with Crippen molar-refractivity contribution in [2.24, 2.45) is 23.2 Å². The lowest BCUT2D eigenvalue weighted by Crippen LogP contribution is -2.35. The fourth-order valence-corrected chi connectivity index (χ4v) is 8.19. The number of hydrogen-bond acceptors (Lipinski definition) is 4. The molecule has 5 rings (SSSR count). The smallest absolute Gasteiger partial charge is 0.0842 e. The van der Waals surface area contributed by atoms with Crippen molar-refractivity contribution in [3.05, 3.63) is 77.2 Å². The summed E-state index contributed by atoms with van der Waals surface area (Å²) in [6.45, 7) is 11.2. The highest BCUT2D eigenvalue weighted by atomic mass is 16.3. The lowest BCUT2D eigenvalue weighted by atomic mass is 9.61. The molecule has 0 saturated heterocycles. The summed E-state index contributed by atoms with van der Waals surface area (Å²) in [5, 5.41) is 31.4. The number of nitrogens with zero attached hydrogens (tertiary/aromatic N) is 1. The van der Waals surface area contributed by atoms with E-state index in [4.69, 9.17) is 0 Å². The van der Waals surface area contributed by atoms with E-state index >= 15 is 0 Å². The van der Waals surface area contributed by atoms with Crippen LogP contribution < -0.4 is 0 Å². The van der Waals surface area contributed by atoms with Gasteiger partial charge in [0.05, 0.1) is 18.3 Å². The van der Waals surface area contributed by atoms with Crippen LogP contribution in [-0.4, -0.2) is 38.6 Å². The molecule has 4 aliphatic carbocycles. The summed E-state index contributed by atoms with van der Waals surface area (Å²) in [7, 11) is 0. The highest BCUT2D eigenvalue weighted by Gasteiger charge is 2.52. The molecule has 0 radical (unpaired) electrons. The third kappa shape index (κ3) is 5.62. The van der Waals surface area contributed by atoms with Gasteiger partial charge in [0.25, 0.3) is 0 Å². The van der Waals surface area contributed by atoms with E-state index in [1.165, 1.54) is 31.2 Å². The van der Waals surface area contributed by atoms with E-state index in [1.807, 2.05) is 6.20 Å². The molecule has 4 nitrogen and oxygen atoms in total. The van der Waals surface area contributed by atoms with Crippen molar-refractivity contribution in [2.45, 2.75) is 115 Å². The third-order valence-corrected chi connectivity index (χ3v) is 10.8. The molecule has 3 N–H and O–H groups in total.